The normalized spacial score (nSPS) is 11.8. The summed E-state index contributed by atoms with van der Waals surface area (Å²) < 4.78 is 12.8. The summed E-state index contributed by atoms with van der Waals surface area (Å²) >= 11 is 2.55. The van der Waals surface area contributed by atoms with Crippen molar-refractivity contribution in [3.05, 3.63) is 52.2 Å². The van der Waals surface area contributed by atoms with Crippen molar-refractivity contribution in [3.8, 4) is 5.75 Å². The molecule has 0 bridgehead atoms. The van der Waals surface area contributed by atoms with Crippen LogP contribution in [0, 0.1) is 13.8 Å². The topological polar surface area (TPSA) is 95.3 Å². The lowest BCUT2D eigenvalue weighted by atomic mass is 10.1. The second kappa shape index (κ2) is 10.6. The molecule has 3 rings (SSSR count). The first kappa shape index (κ1) is 23.8. The zero-order chi connectivity index (χ0) is 23.3. The number of nitrogens with one attached hydrogen (secondary N) is 1. The fraction of sp³-hybridized carbons (Fsp3) is 0.364. The predicted molar refractivity (Wildman–Crippen MR) is 126 cm³/mol. The number of thioether (sulfide) groups is 1. The molecule has 0 spiro atoms. The Morgan fingerprint density at radius 1 is 1.25 bits per heavy atom. The summed E-state index contributed by atoms with van der Waals surface area (Å²) in [5.41, 5.74) is 2.58. The number of thiophene rings is 1. The van der Waals surface area contributed by atoms with Crippen molar-refractivity contribution in [3.63, 3.8) is 0 Å². The zero-order valence-electron chi connectivity index (χ0n) is 18.7. The number of esters is 1. The van der Waals surface area contributed by atoms with Crippen LogP contribution in [0.1, 0.15) is 47.3 Å². The molecule has 170 valence electrons. The molecular weight excluding hydrogens is 448 g/mol. The SMILES string of the molecule is CCn1c(SCC(=O)Nc2sccc2C(=O)OC)nnc1C(C)Oc1ccc(C)cc1C. The van der Waals surface area contributed by atoms with Gasteiger partial charge in [0.25, 0.3) is 0 Å². The van der Waals surface area contributed by atoms with Crippen LogP contribution in [-0.2, 0) is 16.1 Å². The molecule has 0 aliphatic rings. The Bertz CT molecular complexity index is 1110. The number of hydrogen-bond donors (Lipinski definition) is 1. The number of ether oxygens (including phenoxy) is 2. The van der Waals surface area contributed by atoms with Crippen LogP contribution in [0.15, 0.2) is 34.8 Å². The minimum atomic E-state index is -0.484. The number of carbonyl (C=O) groups excluding carboxylic acids is 2. The molecule has 1 unspecified atom stereocenters. The number of benzene rings is 1. The standard InChI is InChI=1S/C22H26N4O4S2/c1-6-26-19(15(4)30-17-8-7-13(2)11-14(17)3)24-25-22(26)32-12-18(27)23-20-16(9-10-31-20)21(28)29-5/h7-11,15H,6,12H2,1-5H3,(H,23,27). The average molecular weight is 475 g/mol. The molecule has 8 nitrogen and oxygen atoms in total. The minimum Gasteiger partial charge on any atom is -0.482 e. The lowest BCUT2D eigenvalue weighted by molar-refractivity contribution is -0.113. The summed E-state index contributed by atoms with van der Waals surface area (Å²) in [5, 5.41) is 14.2. The van der Waals surface area contributed by atoms with Crippen LogP contribution in [-0.4, -0.2) is 39.5 Å². The Morgan fingerprint density at radius 3 is 2.72 bits per heavy atom. The van der Waals surface area contributed by atoms with Crippen LogP contribution in [0.4, 0.5) is 5.00 Å². The number of amides is 1. The summed E-state index contributed by atoms with van der Waals surface area (Å²) in [6, 6.07) is 7.67. The summed E-state index contributed by atoms with van der Waals surface area (Å²) in [5.74, 6) is 0.904. The number of carbonyl (C=O) groups is 2. The fourth-order valence-corrected chi connectivity index (χ4v) is 4.75. The van der Waals surface area contributed by atoms with Gasteiger partial charge in [0.1, 0.15) is 10.8 Å². The van der Waals surface area contributed by atoms with Crippen LogP contribution in [0.2, 0.25) is 0 Å². The molecule has 2 aromatic heterocycles. The molecule has 0 aliphatic carbocycles. The van der Waals surface area contributed by atoms with Gasteiger partial charge in [0.2, 0.25) is 5.91 Å². The molecule has 1 aromatic carbocycles. The Balaban J connectivity index is 1.65. The van der Waals surface area contributed by atoms with E-state index in [4.69, 9.17) is 9.47 Å². The maximum atomic E-state index is 12.4. The third-order valence-corrected chi connectivity index (χ3v) is 6.51. The summed E-state index contributed by atoms with van der Waals surface area (Å²) in [6.45, 7) is 8.63. The number of aryl methyl sites for hydroxylation is 2. The van der Waals surface area contributed by atoms with Gasteiger partial charge in [-0.2, -0.15) is 0 Å². The van der Waals surface area contributed by atoms with Gasteiger partial charge in [-0.1, -0.05) is 29.5 Å². The van der Waals surface area contributed by atoms with E-state index in [1.165, 1.54) is 35.8 Å². The summed E-state index contributed by atoms with van der Waals surface area (Å²) in [7, 11) is 1.31. The Labute approximate surface area is 195 Å². The van der Waals surface area contributed by atoms with Crippen LogP contribution in [0.25, 0.3) is 0 Å². The van der Waals surface area contributed by atoms with Crippen molar-refractivity contribution in [1.29, 1.82) is 0 Å². The molecule has 0 fully saturated rings. The lowest BCUT2D eigenvalue weighted by Crippen LogP contribution is -2.16. The number of methoxy groups -OCH3 is 1. The highest BCUT2D eigenvalue weighted by atomic mass is 32.2. The van der Waals surface area contributed by atoms with Gasteiger partial charge in [-0.3, -0.25) is 4.79 Å². The lowest BCUT2D eigenvalue weighted by Gasteiger charge is -2.17. The number of aromatic nitrogens is 3. The van der Waals surface area contributed by atoms with Crippen molar-refractivity contribution < 1.29 is 19.1 Å². The Kier molecular flexibility index (Phi) is 7.92. The predicted octanol–water partition coefficient (Wildman–Crippen LogP) is 4.63. The zero-order valence-corrected chi connectivity index (χ0v) is 20.3. The second-order valence-electron chi connectivity index (χ2n) is 7.11. The molecule has 1 N–H and O–H groups in total. The van der Waals surface area contributed by atoms with Crippen LogP contribution in [0.5, 0.6) is 5.75 Å². The molecule has 3 aromatic rings. The third-order valence-electron chi connectivity index (χ3n) is 4.72. The van der Waals surface area contributed by atoms with E-state index in [0.29, 0.717) is 28.1 Å². The largest absolute Gasteiger partial charge is 0.482 e. The molecular formula is C22H26N4O4S2. The van der Waals surface area contributed by atoms with Gasteiger partial charge in [-0.15, -0.1) is 21.5 Å². The van der Waals surface area contributed by atoms with Crippen LogP contribution >= 0.6 is 23.1 Å². The van der Waals surface area contributed by atoms with Gasteiger partial charge in [0.15, 0.2) is 17.1 Å². The van der Waals surface area contributed by atoms with E-state index in [1.54, 1.807) is 11.4 Å². The van der Waals surface area contributed by atoms with E-state index in [1.807, 2.05) is 44.4 Å². The smallest absolute Gasteiger partial charge is 0.340 e. The van der Waals surface area contributed by atoms with Crippen molar-refractivity contribution in [2.75, 3.05) is 18.2 Å². The summed E-state index contributed by atoms with van der Waals surface area (Å²) in [4.78, 5) is 24.2. The van der Waals surface area contributed by atoms with Gasteiger partial charge < -0.3 is 19.4 Å². The minimum absolute atomic E-state index is 0.128. The number of nitrogens with zero attached hydrogens (tertiary/aromatic N) is 3. The maximum Gasteiger partial charge on any atom is 0.340 e. The van der Waals surface area contributed by atoms with E-state index in [-0.39, 0.29) is 17.8 Å². The molecule has 0 aliphatic heterocycles. The molecule has 1 amide bonds. The van der Waals surface area contributed by atoms with Crippen LogP contribution < -0.4 is 10.1 Å². The van der Waals surface area contributed by atoms with Crippen molar-refractivity contribution in [1.82, 2.24) is 14.8 Å². The first-order chi connectivity index (χ1) is 15.3. The van der Waals surface area contributed by atoms with E-state index < -0.39 is 5.97 Å². The van der Waals surface area contributed by atoms with Crippen molar-refractivity contribution >= 4 is 40.0 Å². The third kappa shape index (κ3) is 5.49. The van der Waals surface area contributed by atoms with Crippen molar-refractivity contribution in [2.45, 2.75) is 45.5 Å². The highest BCUT2D eigenvalue weighted by molar-refractivity contribution is 7.99. The second-order valence-corrected chi connectivity index (χ2v) is 8.96. The van der Waals surface area contributed by atoms with E-state index in [9.17, 15) is 9.59 Å². The maximum absolute atomic E-state index is 12.4. The first-order valence-corrected chi connectivity index (χ1v) is 12.0. The Hall–Kier alpha value is -2.85. The van der Waals surface area contributed by atoms with E-state index in [2.05, 4.69) is 21.6 Å². The summed E-state index contributed by atoms with van der Waals surface area (Å²) in [6.07, 6.45) is -0.305. The van der Waals surface area contributed by atoms with Gasteiger partial charge >= 0.3 is 5.97 Å². The average Bonchev–Trinajstić information content (AvgIpc) is 3.40. The quantitative estimate of drug-likeness (QED) is 0.357. The molecule has 1 atom stereocenters. The highest BCUT2D eigenvalue weighted by Crippen LogP contribution is 2.28. The molecule has 0 radical (unpaired) electrons. The fourth-order valence-electron chi connectivity index (χ4n) is 3.15. The van der Waals surface area contributed by atoms with E-state index >= 15 is 0 Å². The Morgan fingerprint density at radius 2 is 2.03 bits per heavy atom. The van der Waals surface area contributed by atoms with Gasteiger partial charge in [0, 0.05) is 6.54 Å². The molecule has 10 heteroatoms. The van der Waals surface area contributed by atoms with Crippen LogP contribution in [0.3, 0.4) is 0 Å². The molecule has 0 saturated carbocycles. The molecule has 2 heterocycles. The molecule has 0 saturated heterocycles. The number of rotatable bonds is 9. The van der Waals surface area contributed by atoms with E-state index in [0.717, 1.165) is 11.3 Å². The number of anilines is 1. The van der Waals surface area contributed by atoms with Gasteiger partial charge in [-0.25, -0.2) is 4.79 Å². The molecule has 32 heavy (non-hydrogen) atoms. The number of hydrogen-bond acceptors (Lipinski definition) is 8. The first-order valence-electron chi connectivity index (χ1n) is 10.1. The van der Waals surface area contributed by atoms with Crippen molar-refractivity contribution in [2.24, 2.45) is 0 Å². The van der Waals surface area contributed by atoms with Gasteiger partial charge in [0.05, 0.1) is 18.4 Å². The highest BCUT2D eigenvalue weighted by Gasteiger charge is 2.21. The van der Waals surface area contributed by atoms with Gasteiger partial charge in [-0.05, 0) is 50.8 Å². The monoisotopic (exact) mass is 474 g/mol.